The van der Waals surface area contributed by atoms with E-state index in [-0.39, 0.29) is 16.9 Å². The van der Waals surface area contributed by atoms with Crippen LogP contribution in [0.2, 0.25) is 10.0 Å². The zero-order valence-corrected chi connectivity index (χ0v) is 19.8. The van der Waals surface area contributed by atoms with Crippen molar-refractivity contribution in [2.24, 2.45) is 0 Å². The number of carbonyl (C=O) groups is 1. The predicted molar refractivity (Wildman–Crippen MR) is 133 cm³/mol. The summed E-state index contributed by atoms with van der Waals surface area (Å²) in [4.78, 5) is 28.1. The number of H-pyrrole nitrogens is 1. The van der Waals surface area contributed by atoms with Crippen LogP contribution < -0.4 is 5.56 Å². The minimum atomic E-state index is -1.09. The number of hydrogen-bond donors (Lipinski definition) is 2. The van der Waals surface area contributed by atoms with Crippen molar-refractivity contribution < 1.29 is 9.90 Å². The lowest BCUT2D eigenvalue weighted by Gasteiger charge is -2.08. The Kier molecular flexibility index (Phi) is 7.28. The number of aromatic nitrogens is 2. The van der Waals surface area contributed by atoms with Gasteiger partial charge in [0.15, 0.2) is 0 Å². The van der Waals surface area contributed by atoms with Crippen molar-refractivity contribution in [2.45, 2.75) is 23.5 Å². The Morgan fingerprint density at radius 2 is 1.70 bits per heavy atom. The predicted octanol–water partition coefficient (Wildman–Crippen LogP) is 6.25. The molecule has 0 aliphatic rings. The van der Waals surface area contributed by atoms with E-state index in [9.17, 15) is 14.7 Å². The quantitative estimate of drug-likeness (QED) is 0.281. The molecule has 0 amide bonds. The molecule has 0 bridgehead atoms. The highest BCUT2D eigenvalue weighted by Gasteiger charge is 2.17. The minimum absolute atomic E-state index is 0.0536. The van der Waals surface area contributed by atoms with Crippen LogP contribution in [0.3, 0.4) is 0 Å². The molecule has 0 atom stereocenters. The highest BCUT2D eigenvalue weighted by molar-refractivity contribution is 7.98. The number of nitrogens with zero attached hydrogens (tertiary/aromatic N) is 1. The minimum Gasteiger partial charge on any atom is -0.477 e. The maximum Gasteiger partial charge on any atom is 0.352 e. The number of halogens is 2. The highest BCUT2D eigenvalue weighted by Crippen LogP contribution is 2.30. The second-order valence-electron chi connectivity index (χ2n) is 7.48. The molecule has 5 nitrogen and oxygen atoms in total. The van der Waals surface area contributed by atoms with Gasteiger partial charge in [0.25, 0.3) is 5.56 Å². The summed E-state index contributed by atoms with van der Waals surface area (Å²) in [7, 11) is 0. The Morgan fingerprint density at radius 1 is 0.939 bits per heavy atom. The number of aromatic carboxylic acids is 1. The third-order valence-electron chi connectivity index (χ3n) is 5.14. The Morgan fingerprint density at radius 3 is 2.42 bits per heavy atom. The third-order valence-corrected chi connectivity index (χ3v) is 6.94. The zero-order valence-electron chi connectivity index (χ0n) is 17.4. The van der Waals surface area contributed by atoms with Crippen LogP contribution in [0, 0.1) is 0 Å². The van der Waals surface area contributed by atoms with Crippen molar-refractivity contribution in [1.82, 2.24) is 9.55 Å². The van der Waals surface area contributed by atoms with Gasteiger partial charge in [0.1, 0.15) is 11.4 Å². The van der Waals surface area contributed by atoms with E-state index < -0.39 is 5.97 Å². The van der Waals surface area contributed by atoms with Gasteiger partial charge in [-0.15, -0.1) is 11.8 Å². The summed E-state index contributed by atoms with van der Waals surface area (Å²) in [6, 6.07) is 18.7. The van der Waals surface area contributed by atoms with Gasteiger partial charge in [0, 0.05) is 23.0 Å². The van der Waals surface area contributed by atoms with Crippen LogP contribution in [0.1, 0.15) is 27.2 Å². The average Bonchev–Trinajstić information content (AvgIpc) is 3.24. The topological polar surface area (TPSA) is 75.1 Å². The van der Waals surface area contributed by atoms with Crippen molar-refractivity contribution in [1.29, 1.82) is 0 Å². The summed E-state index contributed by atoms with van der Waals surface area (Å²) in [6.45, 7) is 0. The molecule has 0 radical (unpaired) electrons. The number of nitrogens with one attached hydrogen (secondary N) is 1. The first-order chi connectivity index (χ1) is 15.9. The second kappa shape index (κ2) is 10.3. The Hall–Kier alpha value is -2.93. The molecular formula is C25H20Cl2N2O3S. The van der Waals surface area contributed by atoms with E-state index >= 15 is 0 Å². The SMILES string of the molecule is O=C(O)c1cc(CCc2ccccc2)cn1-c1cc(CSc2ccc(Cl)c(Cl)c2)c[nH]c1=O. The molecule has 168 valence electrons. The number of rotatable bonds is 8. The van der Waals surface area contributed by atoms with E-state index in [1.807, 2.05) is 36.4 Å². The lowest BCUT2D eigenvalue weighted by atomic mass is 10.1. The summed E-state index contributed by atoms with van der Waals surface area (Å²) in [5, 5.41) is 10.7. The van der Waals surface area contributed by atoms with Crippen LogP contribution in [-0.2, 0) is 18.6 Å². The van der Waals surface area contributed by atoms with Gasteiger partial charge in [0.05, 0.1) is 10.0 Å². The molecule has 0 saturated heterocycles. The molecule has 8 heteroatoms. The standard InChI is InChI=1S/C25H20Cl2N2O3S/c26-20-9-8-19(12-21(20)27)33-15-18-11-22(24(30)28-13-18)29-14-17(10-23(29)25(31)32)7-6-16-4-2-1-3-5-16/h1-5,8-14H,6-7,15H2,(H,28,30)(H,31,32). The van der Waals surface area contributed by atoms with Crippen LogP contribution in [0.25, 0.3) is 5.69 Å². The second-order valence-corrected chi connectivity index (χ2v) is 9.34. The van der Waals surface area contributed by atoms with E-state index in [1.54, 1.807) is 36.7 Å². The fraction of sp³-hybridized carbons (Fsp3) is 0.120. The van der Waals surface area contributed by atoms with E-state index in [1.165, 1.54) is 21.9 Å². The molecule has 33 heavy (non-hydrogen) atoms. The zero-order chi connectivity index (χ0) is 23.4. The van der Waals surface area contributed by atoms with E-state index in [0.29, 0.717) is 22.2 Å². The molecule has 2 heterocycles. The maximum atomic E-state index is 12.6. The van der Waals surface area contributed by atoms with E-state index in [2.05, 4.69) is 4.98 Å². The van der Waals surface area contributed by atoms with Gasteiger partial charge in [-0.25, -0.2) is 4.79 Å². The van der Waals surface area contributed by atoms with Crippen LogP contribution >= 0.6 is 35.0 Å². The summed E-state index contributed by atoms with van der Waals surface area (Å²) in [5.41, 5.74) is 2.83. The maximum absolute atomic E-state index is 12.6. The number of benzene rings is 2. The molecule has 4 aromatic rings. The van der Waals surface area contributed by atoms with Crippen LogP contribution in [0.4, 0.5) is 0 Å². The molecule has 0 saturated carbocycles. The molecule has 0 spiro atoms. The van der Waals surface area contributed by atoms with Crippen LogP contribution in [0.15, 0.2) is 82.7 Å². The first-order valence-corrected chi connectivity index (χ1v) is 11.9. The molecule has 2 aromatic carbocycles. The molecule has 4 rings (SSSR count). The van der Waals surface area contributed by atoms with Gasteiger partial charge in [-0.1, -0.05) is 53.5 Å². The molecular weight excluding hydrogens is 479 g/mol. The molecule has 2 N–H and O–H groups in total. The summed E-state index contributed by atoms with van der Waals surface area (Å²) >= 11 is 13.6. The normalized spacial score (nSPS) is 11.0. The number of aromatic amines is 1. The molecule has 0 fully saturated rings. The number of hydrogen-bond acceptors (Lipinski definition) is 3. The Labute approximate surface area is 205 Å². The van der Waals surface area contributed by atoms with Gasteiger partial charge >= 0.3 is 5.97 Å². The Balaban J connectivity index is 1.58. The monoisotopic (exact) mass is 498 g/mol. The number of carboxylic acid groups (broad SMARTS) is 1. The summed E-state index contributed by atoms with van der Waals surface area (Å²) < 4.78 is 1.45. The number of thioether (sulfide) groups is 1. The number of aryl methyl sites for hydroxylation is 2. The molecule has 0 aliphatic carbocycles. The largest absolute Gasteiger partial charge is 0.477 e. The van der Waals surface area contributed by atoms with Gasteiger partial charge in [-0.3, -0.25) is 4.79 Å². The van der Waals surface area contributed by atoms with Crippen molar-refractivity contribution >= 4 is 40.9 Å². The Bertz CT molecular complexity index is 1350. The van der Waals surface area contributed by atoms with Gasteiger partial charge < -0.3 is 14.7 Å². The first kappa shape index (κ1) is 23.2. The van der Waals surface area contributed by atoms with Crippen molar-refractivity contribution in [2.75, 3.05) is 0 Å². The lowest BCUT2D eigenvalue weighted by Crippen LogP contribution is -2.17. The lowest BCUT2D eigenvalue weighted by molar-refractivity contribution is 0.0688. The molecule has 0 unspecified atom stereocenters. The van der Waals surface area contributed by atoms with Gasteiger partial charge in [-0.2, -0.15) is 0 Å². The fourth-order valence-electron chi connectivity index (χ4n) is 3.46. The fourth-order valence-corrected chi connectivity index (χ4v) is 4.69. The third kappa shape index (κ3) is 5.71. The first-order valence-electron chi connectivity index (χ1n) is 10.2. The van der Waals surface area contributed by atoms with E-state index in [0.717, 1.165) is 22.4 Å². The van der Waals surface area contributed by atoms with E-state index in [4.69, 9.17) is 23.2 Å². The average molecular weight is 499 g/mol. The summed E-state index contributed by atoms with van der Waals surface area (Å²) in [6.07, 6.45) is 4.81. The number of carboxylic acids is 1. The number of pyridine rings is 1. The highest BCUT2D eigenvalue weighted by atomic mass is 35.5. The van der Waals surface area contributed by atoms with Crippen LogP contribution in [0.5, 0.6) is 0 Å². The molecule has 2 aromatic heterocycles. The van der Waals surface area contributed by atoms with Crippen molar-refractivity contribution in [3.8, 4) is 5.69 Å². The van der Waals surface area contributed by atoms with Crippen LogP contribution in [-0.4, -0.2) is 20.6 Å². The smallest absolute Gasteiger partial charge is 0.352 e. The van der Waals surface area contributed by atoms with Gasteiger partial charge in [0.2, 0.25) is 0 Å². The van der Waals surface area contributed by atoms with Crippen molar-refractivity contribution in [3.63, 3.8) is 0 Å². The van der Waals surface area contributed by atoms with Gasteiger partial charge in [-0.05, 0) is 59.9 Å². The molecule has 0 aliphatic heterocycles. The van der Waals surface area contributed by atoms with Crippen molar-refractivity contribution in [3.05, 3.63) is 116 Å². The summed E-state index contributed by atoms with van der Waals surface area (Å²) in [5.74, 6) is -0.525.